The molecule has 0 bridgehead atoms. The summed E-state index contributed by atoms with van der Waals surface area (Å²) in [5.74, 6) is 1.19. The van der Waals surface area contributed by atoms with Crippen LogP contribution in [0.15, 0.2) is 24.5 Å². The lowest BCUT2D eigenvalue weighted by molar-refractivity contribution is 0.305. The smallest absolute Gasteiger partial charge is 0.114 e. The third kappa shape index (κ3) is 1.95. The molecule has 17 heavy (non-hydrogen) atoms. The van der Waals surface area contributed by atoms with Crippen LogP contribution in [0, 0.1) is 6.92 Å². The van der Waals surface area contributed by atoms with Crippen LogP contribution < -0.4 is 0 Å². The van der Waals surface area contributed by atoms with Gasteiger partial charge in [-0.2, -0.15) is 0 Å². The number of likely N-dealkylation sites (N-methyl/N-ethyl adjacent to an activating group) is 1. The van der Waals surface area contributed by atoms with E-state index in [1.165, 1.54) is 36.3 Å². The Kier molecular flexibility index (Phi) is 2.63. The Bertz CT molecular complexity index is 529. The first-order valence-corrected chi connectivity index (χ1v) is 6.37. The molecule has 0 saturated carbocycles. The van der Waals surface area contributed by atoms with Gasteiger partial charge in [0.15, 0.2) is 0 Å². The number of pyridine rings is 1. The van der Waals surface area contributed by atoms with Gasteiger partial charge in [-0.1, -0.05) is 0 Å². The molecule has 1 fully saturated rings. The summed E-state index contributed by atoms with van der Waals surface area (Å²) < 4.78 is 2.22. The zero-order valence-corrected chi connectivity index (χ0v) is 10.6. The summed E-state index contributed by atoms with van der Waals surface area (Å²) in [5.41, 5.74) is 2.50. The van der Waals surface area contributed by atoms with Gasteiger partial charge in [-0.25, -0.2) is 4.98 Å². The molecule has 0 aliphatic carbocycles. The molecule has 0 radical (unpaired) electrons. The van der Waals surface area contributed by atoms with Crippen LogP contribution in [-0.2, 0) is 6.42 Å². The Morgan fingerprint density at radius 1 is 1.47 bits per heavy atom. The van der Waals surface area contributed by atoms with Gasteiger partial charge in [-0.05, 0) is 51.1 Å². The van der Waals surface area contributed by atoms with Gasteiger partial charge in [0, 0.05) is 18.7 Å². The first-order chi connectivity index (χ1) is 8.24. The number of aryl methyl sites for hydroxylation is 1. The van der Waals surface area contributed by atoms with E-state index in [2.05, 4.69) is 46.6 Å². The van der Waals surface area contributed by atoms with Crippen molar-refractivity contribution in [3.8, 4) is 0 Å². The molecule has 90 valence electrons. The molecule has 1 unspecified atom stereocenters. The van der Waals surface area contributed by atoms with Crippen molar-refractivity contribution in [3.05, 3.63) is 35.9 Å². The van der Waals surface area contributed by atoms with Gasteiger partial charge in [0.25, 0.3) is 0 Å². The molecule has 0 spiro atoms. The molecular weight excluding hydrogens is 210 g/mol. The minimum Gasteiger partial charge on any atom is -0.304 e. The Hall–Kier alpha value is -1.35. The molecule has 3 heteroatoms. The summed E-state index contributed by atoms with van der Waals surface area (Å²) in [4.78, 5) is 7.02. The normalized spacial score (nSPS) is 21.4. The maximum Gasteiger partial charge on any atom is 0.114 e. The van der Waals surface area contributed by atoms with Crippen LogP contribution in [0.2, 0.25) is 0 Å². The van der Waals surface area contributed by atoms with Crippen LogP contribution in [-0.4, -0.2) is 33.9 Å². The van der Waals surface area contributed by atoms with Gasteiger partial charge in [-0.15, -0.1) is 0 Å². The first kappa shape index (κ1) is 10.8. The maximum atomic E-state index is 4.57. The summed E-state index contributed by atoms with van der Waals surface area (Å²) in [6.45, 7) is 3.35. The van der Waals surface area contributed by atoms with E-state index in [4.69, 9.17) is 0 Å². The summed E-state index contributed by atoms with van der Waals surface area (Å²) in [5, 5.41) is 0. The van der Waals surface area contributed by atoms with E-state index in [9.17, 15) is 0 Å². The summed E-state index contributed by atoms with van der Waals surface area (Å²) in [6.07, 6.45) is 7.81. The number of fused-ring (bicyclic) bond motifs is 1. The zero-order chi connectivity index (χ0) is 11.8. The molecular formula is C14H19N3. The van der Waals surface area contributed by atoms with Crippen molar-refractivity contribution in [1.29, 1.82) is 0 Å². The monoisotopic (exact) mass is 229 g/mol. The number of hydrogen-bond acceptors (Lipinski definition) is 2. The molecule has 0 N–H and O–H groups in total. The van der Waals surface area contributed by atoms with Crippen LogP contribution in [0.5, 0.6) is 0 Å². The van der Waals surface area contributed by atoms with Crippen molar-refractivity contribution in [2.45, 2.75) is 32.2 Å². The predicted octanol–water partition coefficient (Wildman–Crippen LogP) is 2.28. The zero-order valence-electron chi connectivity index (χ0n) is 10.6. The summed E-state index contributed by atoms with van der Waals surface area (Å²) in [6, 6.07) is 5.01. The molecule has 3 nitrogen and oxygen atoms in total. The van der Waals surface area contributed by atoms with Crippen LogP contribution in [0.4, 0.5) is 0 Å². The van der Waals surface area contributed by atoms with E-state index in [0.29, 0.717) is 6.04 Å². The lowest BCUT2D eigenvalue weighted by atomic mass is 10.1. The van der Waals surface area contributed by atoms with Crippen LogP contribution in [0.1, 0.15) is 24.2 Å². The first-order valence-electron chi connectivity index (χ1n) is 6.37. The van der Waals surface area contributed by atoms with E-state index in [0.717, 1.165) is 6.42 Å². The van der Waals surface area contributed by atoms with Gasteiger partial charge in [0.2, 0.25) is 0 Å². The van der Waals surface area contributed by atoms with Crippen LogP contribution in [0.3, 0.4) is 0 Å². The Balaban J connectivity index is 1.90. The van der Waals surface area contributed by atoms with Gasteiger partial charge in [-0.3, -0.25) is 0 Å². The SMILES string of the molecule is Cc1ccn2c(CC3CCCN3C)ncc2c1. The fourth-order valence-corrected chi connectivity index (χ4v) is 2.77. The average Bonchev–Trinajstić information content (AvgIpc) is 2.87. The van der Waals surface area contributed by atoms with Gasteiger partial charge in [0.1, 0.15) is 5.82 Å². The molecule has 0 amide bonds. The number of aromatic nitrogens is 2. The average molecular weight is 229 g/mol. The molecule has 1 atom stereocenters. The second-order valence-corrected chi connectivity index (χ2v) is 5.15. The number of rotatable bonds is 2. The molecule has 3 rings (SSSR count). The predicted molar refractivity (Wildman–Crippen MR) is 69.3 cm³/mol. The third-order valence-corrected chi connectivity index (χ3v) is 3.85. The maximum absolute atomic E-state index is 4.57. The lowest BCUT2D eigenvalue weighted by Gasteiger charge is -2.18. The Morgan fingerprint density at radius 3 is 3.12 bits per heavy atom. The fourth-order valence-electron chi connectivity index (χ4n) is 2.77. The van der Waals surface area contributed by atoms with E-state index >= 15 is 0 Å². The molecule has 3 heterocycles. The molecule has 1 aliphatic rings. The Morgan fingerprint density at radius 2 is 2.35 bits per heavy atom. The largest absolute Gasteiger partial charge is 0.304 e. The quantitative estimate of drug-likeness (QED) is 0.787. The molecule has 1 aliphatic heterocycles. The van der Waals surface area contributed by atoms with Crippen molar-refractivity contribution >= 4 is 5.52 Å². The fraction of sp³-hybridized carbons (Fsp3) is 0.500. The third-order valence-electron chi connectivity index (χ3n) is 3.85. The van der Waals surface area contributed by atoms with Gasteiger partial charge in [0.05, 0.1) is 11.7 Å². The minimum absolute atomic E-state index is 0.668. The number of hydrogen-bond donors (Lipinski definition) is 0. The van der Waals surface area contributed by atoms with Crippen molar-refractivity contribution in [1.82, 2.24) is 14.3 Å². The van der Waals surface area contributed by atoms with E-state index in [1.54, 1.807) is 0 Å². The number of likely N-dealkylation sites (tertiary alicyclic amines) is 1. The van der Waals surface area contributed by atoms with Crippen molar-refractivity contribution in [2.75, 3.05) is 13.6 Å². The summed E-state index contributed by atoms with van der Waals surface area (Å²) in [7, 11) is 2.22. The second kappa shape index (κ2) is 4.15. The van der Waals surface area contributed by atoms with E-state index in [1.807, 2.05) is 6.20 Å². The lowest BCUT2D eigenvalue weighted by Crippen LogP contribution is -2.27. The topological polar surface area (TPSA) is 20.5 Å². The highest BCUT2D eigenvalue weighted by Crippen LogP contribution is 2.19. The second-order valence-electron chi connectivity index (χ2n) is 5.15. The Labute approximate surface area is 102 Å². The van der Waals surface area contributed by atoms with Crippen molar-refractivity contribution in [2.24, 2.45) is 0 Å². The molecule has 2 aromatic heterocycles. The van der Waals surface area contributed by atoms with E-state index < -0.39 is 0 Å². The van der Waals surface area contributed by atoms with Crippen LogP contribution >= 0.6 is 0 Å². The highest BCUT2D eigenvalue weighted by atomic mass is 15.2. The highest BCUT2D eigenvalue weighted by molar-refractivity contribution is 5.48. The van der Waals surface area contributed by atoms with Crippen molar-refractivity contribution < 1.29 is 0 Å². The van der Waals surface area contributed by atoms with Gasteiger partial charge < -0.3 is 9.30 Å². The number of nitrogens with zero attached hydrogens (tertiary/aromatic N) is 3. The van der Waals surface area contributed by atoms with Crippen molar-refractivity contribution in [3.63, 3.8) is 0 Å². The van der Waals surface area contributed by atoms with Gasteiger partial charge >= 0.3 is 0 Å². The minimum atomic E-state index is 0.668. The standard InChI is InChI=1S/C14H19N3/c1-11-5-7-17-13(8-11)10-15-14(17)9-12-4-3-6-16(12)2/h5,7-8,10,12H,3-4,6,9H2,1-2H3. The molecule has 0 aromatic carbocycles. The molecule has 1 saturated heterocycles. The van der Waals surface area contributed by atoms with E-state index in [-0.39, 0.29) is 0 Å². The summed E-state index contributed by atoms with van der Waals surface area (Å²) >= 11 is 0. The number of imidazole rings is 1. The van der Waals surface area contributed by atoms with Crippen LogP contribution in [0.25, 0.3) is 5.52 Å². The highest BCUT2D eigenvalue weighted by Gasteiger charge is 2.22. The molecule has 2 aromatic rings.